The summed E-state index contributed by atoms with van der Waals surface area (Å²) in [5.74, 6) is 0.818. The summed E-state index contributed by atoms with van der Waals surface area (Å²) in [6.45, 7) is 16.8. The van der Waals surface area contributed by atoms with Crippen LogP contribution in [0, 0.1) is 22.7 Å². The van der Waals surface area contributed by atoms with Crippen LogP contribution in [0.5, 0.6) is 0 Å². The van der Waals surface area contributed by atoms with Crippen molar-refractivity contribution in [2.45, 2.75) is 72.4 Å². The zero-order valence-electron chi connectivity index (χ0n) is 14.3. The number of rotatable bonds is 6. The Labute approximate surface area is 125 Å². The van der Waals surface area contributed by atoms with Crippen LogP contribution in [0.1, 0.15) is 60.8 Å². The van der Waals surface area contributed by atoms with E-state index in [-0.39, 0.29) is 5.54 Å². The molecule has 0 aromatic heterocycles. The molecule has 1 rings (SSSR count). The molecule has 0 aliphatic carbocycles. The second-order valence-electron chi connectivity index (χ2n) is 8.00. The Morgan fingerprint density at radius 1 is 1.30 bits per heavy atom. The van der Waals surface area contributed by atoms with Gasteiger partial charge in [0.1, 0.15) is 5.54 Å². The summed E-state index contributed by atoms with van der Waals surface area (Å²) in [7, 11) is 0. The van der Waals surface area contributed by atoms with Crippen LogP contribution in [-0.2, 0) is 0 Å². The molecular weight excluding hydrogens is 246 g/mol. The summed E-state index contributed by atoms with van der Waals surface area (Å²) in [5.41, 5.74) is 0.0481. The fourth-order valence-corrected chi connectivity index (χ4v) is 3.20. The summed E-state index contributed by atoms with van der Waals surface area (Å²) in [4.78, 5) is 2.57. The van der Waals surface area contributed by atoms with Gasteiger partial charge in [0.25, 0.3) is 0 Å². The molecule has 20 heavy (non-hydrogen) atoms. The van der Waals surface area contributed by atoms with Crippen molar-refractivity contribution in [3.8, 4) is 6.07 Å². The molecule has 0 radical (unpaired) electrons. The van der Waals surface area contributed by atoms with Gasteiger partial charge in [-0.15, -0.1) is 0 Å². The van der Waals surface area contributed by atoms with Gasteiger partial charge in [-0.1, -0.05) is 20.8 Å². The normalized spacial score (nSPS) is 23.8. The van der Waals surface area contributed by atoms with Crippen LogP contribution in [0.3, 0.4) is 0 Å². The minimum atomic E-state index is -0.378. The predicted molar refractivity (Wildman–Crippen MR) is 85.5 cm³/mol. The molecule has 0 saturated carbocycles. The van der Waals surface area contributed by atoms with Gasteiger partial charge >= 0.3 is 0 Å². The fourth-order valence-electron chi connectivity index (χ4n) is 3.20. The summed E-state index contributed by atoms with van der Waals surface area (Å²) in [5, 5.41) is 12.7. The first-order valence-corrected chi connectivity index (χ1v) is 8.07. The first kappa shape index (κ1) is 17.5. The molecule has 3 nitrogen and oxygen atoms in total. The molecule has 1 saturated heterocycles. The quantitative estimate of drug-likeness (QED) is 0.810. The lowest BCUT2D eigenvalue weighted by Gasteiger charge is -2.28. The van der Waals surface area contributed by atoms with E-state index in [2.05, 4.69) is 50.9 Å². The summed E-state index contributed by atoms with van der Waals surface area (Å²) < 4.78 is 0. The van der Waals surface area contributed by atoms with Crippen molar-refractivity contribution in [1.29, 1.82) is 5.26 Å². The average Bonchev–Trinajstić information content (AvgIpc) is 2.76. The van der Waals surface area contributed by atoms with Gasteiger partial charge < -0.3 is 4.90 Å². The third kappa shape index (κ3) is 5.42. The molecule has 0 spiro atoms. The minimum absolute atomic E-state index is 0.358. The van der Waals surface area contributed by atoms with E-state index in [0.717, 1.165) is 25.3 Å². The van der Waals surface area contributed by atoms with E-state index >= 15 is 0 Å². The topological polar surface area (TPSA) is 39.1 Å². The van der Waals surface area contributed by atoms with Crippen molar-refractivity contribution >= 4 is 0 Å². The van der Waals surface area contributed by atoms with E-state index in [1.807, 2.05) is 6.92 Å². The highest BCUT2D eigenvalue weighted by Gasteiger charge is 2.32. The van der Waals surface area contributed by atoms with E-state index in [0.29, 0.717) is 11.5 Å². The number of hydrogen-bond acceptors (Lipinski definition) is 3. The van der Waals surface area contributed by atoms with Crippen LogP contribution in [0.4, 0.5) is 0 Å². The maximum atomic E-state index is 9.35. The van der Waals surface area contributed by atoms with Crippen LogP contribution < -0.4 is 5.32 Å². The third-order valence-electron chi connectivity index (χ3n) is 4.50. The van der Waals surface area contributed by atoms with Gasteiger partial charge in [-0.05, 0) is 64.5 Å². The highest BCUT2D eigenvalue weighted by molar-refractivity contribution is 5.04. The Bertz CT molecular complexity index is 337. The van der Waals surface area contributed by atoms with Gasteiger partial charge in [-0.25, -0.2) is 0 Å². The summed E-state index contributed by atoms with van der Waals surface area (Å²) in [6, 6.07) is 2.80. The molecule has 1 aliphatic rings. The first-order valence-electron chi connectivity index (χ1n) is 8.07. The average molecular weight is 279 g/mol. The van der Waals surface area contributed by atoms with Gasteiger partial charge in [0.05, 0.1) is 6.07 Å². The predicted octanol–water partition coefficient (Wildman–Crippen LogP) is 3.41. The number of nitriles is 1. The third-order valence-corrected chi connectivity index (χ3v) is 4.50. The minimum Gasteiger partial charge on any atom is -0.303 e. The Hall–Kier alpha value is -0.590. The van der Waals surface area contributed by atoms with Crippen LogP contribution >= 0.6 is 0 Å². The molecule has 1 fully saturated rings. The molecule has 0 aromatic carbocycles. The van der Waals surface area contributed by atoms with E-state index in [4.69, 9.17) is 0 Å². The van der Waals surface area contributed by atoms with Crippen LogP contribution in [-0.4, -0.2) is 36.1 Å². The summed E-state index contributed by atoms with van der Waals surface area (Å²) >= 11 is 0. The van der Waals surface area contributed by atoms with E-state index < -0.39 is 0 Å². The Morgan fingerprint density at radius 2 is 1.95 bits per heavy atom. The molecule has 2 atom stereocenters. The molecule has 1 N–H and O–H groups in total. The van der Waals surface area contributed by atoms with Crippen LogP contribution in [0.2, 0.25) is 0 Å². The largest absolute Gasteiger partial charge is 0.303 e. The lowest BCUT2D eigenvalue weighted by Crippen LogP contribution is -2.45. The fraction of sp³-hybridized carbons (Fsp3) is 0.941. The van der Waals surface area contributed by atoms with Crippen LogP contribution in [0.25, 0.3) is 0 Å². The highest BCUT2D eigenvalue weighted by Crippen LogP contribution is 2.33. The number of likely N-dealkylation sites (tertiary alicyclic amines) is 1. The SMILES string of the molecule is CC(C)NC(C)(C#N)CCCN1CCC(C(C)(C)C)C1. The number of nitrogens with zero attached hydrogens (tertiary/aromatic N) is 2. The molecular formula is C17H33N3. The molecule has 1 heterocycles. The maximum absolute atomic E-state index is 9.35. The zero-order valence-corrected chi connectivity index (χ0v) is 14.3. The van der Waals surface area contributed by atoms with Crippen molar-refractivity contribution in [1.82, 2.24) is 10.2 Å². The zero-order chi connectivity index (χ0) is 15.4. The Kier molecular flexibility index (Phi) is 6.04. The van der Waals surface area contributed by atoms with E-state index in [1.165, 1.54) is 19.5 Å². The van der Waals surface area contributed by atoms with Crippen LogP contribution in [0.15, 0.2) is 0 Å². The molecule has 0 amide bonds. The van der Waals surface area contributed by atoms with Gasteiger partial charge in [-0.2, -0.15) is 5.26 Å². The van der Waals surface area contributed by atoms with Crippen molar-refractivity contribution in [3.05, 3.63) is 0 Å². The van der Waals surface area contributed by atoms with Crippen molar-refractivity contribution < 1.29 is 0 Å². The van der Waals surface area contributed by atoms with Crippen molar-refractivity contribution in [3.63, 3.8) is 0 Å². The van der Waals surface area contributed by atoms with E-state index in [1.54, 1.807) is 0 Å². The molecule has 0 aromatic rings. The standard InChI is InChI=1S/C17H33N3/c1-14(2)19-17(6,13-18)9-7-10-20-11-8-15(12-20)16(3,4)5/h14-15,19H,7-12H2,1-6H3. The monoisotopic (exact) mass is 279 g/mol. The van der Waals surface area contributed by atoms with Gasteiger partial charge in [0, 0.05) is 12.6 Å². The van der Waals surface area contributed by atoms with Gasteiger partial charge in [0.15, 0.2) is 0 Å². The lowest BCUT2D eigenvalue weighted by molar-refractivity contribution is 0.224. The second kappa shape index (κ2) is 6.91. The second-order valence-corrected chi connectivity index (χ2v) is 8.00. The highest BCUT2D eigenvalue weighted by atomic mass is 15.1. The molecule has 2 unspecified atom stereocenters. The van der Waals surface area contributed by atoms with Gasteiger partial charge in [-0.3, -0.25) is 5.32 Å². The van der Waals surface area contributed by atoms with Crippen molar-refractivity contribution in [2.75, 3.05) is 19.6 Å². The Balaban J connectivity index is 2.33. The number of nitrogens with one attached hydrogen (secondary N) is 1. The molecule has 116 valence electrons. The van der Waals surface area contributed by atoms with Crippen molar-refractivity contribution in [2.24, 2.45) is 11.3 Å². The summed E-state index contributed by atoms with van der Waals surface area (Å²) in [6.07, 6.45) is 3.35. The van der Waals surface area contributed by atoms with Gasteiger partial charge in [0.2, 0.25) is 0 Å². The number of hydrogen-bond donors (Lipinski definition) is 1. The first-order chi connectivity index (χ1) is 9.16. The smallest absolute Gasteiger partial charge is 0.104 e. The lowest BCUT2D eigenvalue weighted by atomic mass is 9.80. The molecule has 3 heteroatoms. The molecule has 1 aliphatic heterocycles. The van der Waals surface area contributed by atoms with E-state index in [9.17, 15) is 5.26 Å². The molecule has 0 bridgehead atoms. The Morgan fingerprint density at radius 3 is 2.40 bits per heavy atom. The maximum Gasteiger partial charge on any atom is 0.104 e.